The molecular weight excluding hydrogens is 343 g/mol. The van der Waals surface area contributed by atoms with Crippen LogP contribution < -0.4 is 0 Å². The number of aromatic nitrogens is 2. The third kappa shape index (κ3) is 3.22. The van der Waals surface area contributed by atoms with Gasteiger partial charge in [-0.25, -0.2) is 4.98 Å². The Kier molecular flexibility index (Phi) is 4.25. The van der Waals surface area contributed by atoms with Crippen molar-refractivity contribution in [3.8, 4) is 0 Å². The summed E-state index contributed by atoms with van der Waals surface area (Å²) in [5, 5.41) is 0. The number of alkyl halides is 3. The highest BCUT2D eigenvalue weighted by molar-refractivity contribution is 5.92. The van der Waals surface area contributed by atoms with Gasteiger partial charge in [-0.05, 0) is 30.9 Å². The number of rotatable bonds is 2. The molecule has 0 unspecified atom stereocenters. The van der Waals surface area contributed by atoms with Crippen molar-refractivity contribution in [2.24, 2.45) is 0 Å². The van der Waals surface area contributed by atoms with Gasteiger partial charge in [-0.1, -0.05) is 18.2 Å². The Balaban J connectivity index is 1.54. The molecule has 1 fully saturated rings. The SMILES string of the molecule is O=C(c1cn2c(n1)CC[C@H](c1cccc(C(F)(F)F)c1)C2)N1CCCC1. The van der Waals surface area contributed by atoms with Crippen molar-refractivity contribution < 1.29 is 18.0 Å². The van der Waals surface area contributed by atoms with Crippen LogP contribution in [0.3, 0.4) is 0 Å². The minimum absolute atomic E-state index is 0.00580. The predicted octanol–water partition coefficient (Wildman–Crippen LogP) is 3.87. The van der Waals surface area contributed by atoms with Gasteiger partial charge in [0.25, 0.3) is 5.91 Å². The van der Waals surface area contributed by atoms with Gasteiger partial charge in [0.05, 0.1) is 5.56 Å². The fraction of sp³-hybridized carbons (Fsp3) is 0.474. The van der Waals surface area contributed by atoms with E-state index in [1.807, 2.05) is 9.47 Å². The number of imidazole rings is 1. The van der Waals surface area contributed by atoms with Gasteiger partial charge in [-0.2, -0.15) is 13.2 Å². The van der Waals surface area contributed by atoms with Gasteiger partial charge in [0.2, 0.25) is 0 Å². The maximum atomic E-state index is 13.0. The third-order valence-electron chi connectivity index (χ3n) is 5.29. The van der Waals surface area contributed by atoms with E-state index in [0.29, 0.717) is 24.2 Å². The first-order chi connectivity index (χ1) is 12.4. The molecule has 1 amide bonds. The van der Waals surface area contributed by atoms with E-state index in [9.17, 15) is 18.0 Å². The second-order valence-corrected chi connectivity index (χ2v) is 7.05. The van der Waals surface area contributed by atoms with E-state index in [4.69, 9.17) is 0 Å². The molecule has 2 aliphatic heterocycles. The Labute approximate surface area is 149 Å². The number of nitrogens with zero attached hydrogens (tertiary/aromatic N) is 3. The molecule has 0 spiro atoms. The van der Waals surface area contributed by atoms with Gasteiger partial charge in [0.15, 0.2) is 0 Å². The van der Waals surface area contributed by atoms with E-state index in [1.54, 1.807) is 12.3 Å². The molecule has 0 aliphatic carbocycles. The number of hydrogen-bond donors (Lipinski definition) is 0. The summed E-state index contributed by atoms with van der Waals surface area (Å²) in [7, 11) is 0. The molecule has 1 atom stereocenters. The van der Waals surface area contributed by atoms with E-state index in [-0.39, 0.29) is 11.8 Å². The third-order valence-corrected chi connectivity index (χ3v) is 5.29. The molecule has 1 aromatic carbocycles. The number of halogens is 3. The van der Waals surface area contributed by atoms with Crippen LogP contribution in [0.15, 0.2) is 30.5 Å². The van der Waals surface area contributed by atoms with Crippen LogP contribution in [0.5, 0.6) is 0 Å². The zero-order chi connectivity index (χ0) is 18.3. The smallest absolute Gasteiger partial charge is 0.337 e. The molecule has 1 aromatic heterocycles. The summed E-state index contributed by atoms with van der Waals surface area (Å²) in [4.78, 5) is 18.8. The highest BCUT2D eigenvalue weighted by atomic mass is 19.4. The lowest BCUT2D eigenvalue weighted by Crippen LogP contribution is -2.27. The summed E-state index contributed by atoms with van der Waals surface area (Å²) < 4.78 is 40.8. The minimum Gasteiger partial charge on any atom is -0.337 e. The molecule has 4 nitrogen and oxygen atoms in total. The molecule has 4 rings (SSSR count). The van der Waals surface area contributed by atoms with Crippen LogP contribution in [0.25, 0.3) is 0 Å². The molecule has 2 aliphatic rings. The molecule has 7 heteroatoms. The molecular formula is C19H20F3N3O. The second kappa shape index (κ2) is 6.45. The number of likely N-dealkylation sites (tertiary alicyclic amines) is 1. The molecule has 138 valence electrons. The van der Waals surface area contributed by atoms with Crippen LogP contribution in [0, 0.1) is 0 Å². The predicted molar refractivity (Wildman–Crippen MR) is 89.9 cm³/mol. The first-order valence-electron chi connectivity index (χ1n) is 8.94. The Morgan fingerprint density at radius 1 is 1.19 bits per heavy atom. The number of carbonyl (C=O) groups excluding carboxylic acids is 1. The van der Waals surface area contributed by atoms with Crippen molar-refractivity contribution in [1.82, 2.24) is 14.5 Å². The monoisotopic (exact) mass is 363 g/mol. The largest absolute Gasteiger partial charge is 0.416 e. The molecule has 2 aromatic rings. The van der Waals surface area contributed by atoms with E-state index >= 15 is 0 Å². The van der Waals surface area contributed by atoms with Crippen molar-refractivity contribution >= 4 is 5.91 Å². The van der Waals surface area contributed by atoms with Gasteiger partial charge >= 0.3 is 6.18 Å². The number of carbonyl (C=O) groups is 1. The first kappa shape index (κ1) is 17.1. The Morgan fingerprint density at radius 2 is 1.96 bits per heavy atom. The summed E-state index contributed by atoms with van der Waals surface area (Å²) >= 11 is 0. The zero-order valence-electron chi connectivity index (χ0n) is 14.3. The lowest BCUT2D eigenvalue weighted by Gasteiger charge is -2.24. The van der Waals surface area contributed by atoms with Crippen LogP contribution >= 0.6 is 0 Å². The van der Waals surface area contributed by atoms with Crippen molar-refractivity contribution in [1.29, 1.82) is 0 Å². The van der Waals surface area contributed by atoms with E-state index < -0.39 is 11.7 Å². The Morgan fingerprint density at radius 3 is 2.69 bits per heavy atom. The summed E-state index contributed by atoms with van der Waals surface area (Å²) in [6, 6.07) is 5.55. The van der Waals surface area contributed by atoms with Crippen LogP contribution in [0.4, 0.5) is 13.2 Å². The van der Waals surface area contributed by atoms with Gasteiger partial charge in [-0.15, -0.1) is 0 Å². The summed E-state index contributed by atoms with van der Waals surface area (Å²) in [5.41, 5.74) is 0.523. The van der Waals surface area contributed by atoms with Crippen LogP contribution in [-0.2, 0) is 19.1 Å². The zero-order valence-corrected chi connectivity index (χ0v) is 14.3. The minimum atomic E-state index is -4.33. The highest BCUT2D eigenvalue weighted by Gasteiger charge is 2.32. The maximum absolute atomic E-state index is 13.0. The molecule has 0 saturated carbocycles. The van der Waals surface area contributed by atoms with Crippen molar-refractivity contribution in [2.75, 3.05) is 13.1 Å². The van der Waals surface area contributed by atoms with Gasteiger partial charge < -0.3 is 9.47 Å². The van der Waals surface area contributed by atoms with Crippen molar-refractivity contribution in [2.45, 2.75) is 44.3 Å². The number of amides is 1. The fourth-order valence-corrected chi connectivity index (χ4v) is 3.87. The van der Waals surface area contributed by atoms with Crippen LogP contribution in [-0.4, -0.2) is 33.4 Å². The summed E-state index contributed by atoms with van der Waals surface area (Å²) in [6.07, 6.45) is 0.869. The quantitative estimate of drug-likeness (QED) is 0.812. The number of aryl methyl sites for hydroxylation is 1. The molecule has 0 radical (unpaired) electrons. The lowest BCUT2D eigenvalue weighted by atomic mass is 9.90. The van der Waals surface area contributed by atoms with E-state index in [1.165, 1.54) is 12.1 Å². The summed E-state index contributed by atoms with van der Waals surface area (Å²) in [5.74, 6) is 0.796. The average Bonchev–Trinajstić information content (AvgIpc) is 3.29. The fourth-order valence-electron chi connectivity index (χ4n) is 3.87. The Bertz CT molecular complexity index is 822. The van der Waals surface area contributed by atoms with Gasteiger partial charge in [0, 0.05) is 38.2 Å². The highest BCUT2D eigenvalue weighted by Crippen LogP contribution is 2.34. The normalized spacial score (nSPS) is 20.3. The topological polar surface area (TPSA) is 38.1 Å². The molecule has 1 saturated heterocycles. The first-order valence-corrected chi connectivity index (χ1v) is 8.94. The van der Waals surface area contributed by atoms with Gasteiger partial charge in [-0.3, -0.25) is 4.79 Å². The van der Waals surface area contributed by atoms with E-state index in [0.717, 1.165) is 44.2 Å². The second-order valence-electron chi connectivity index (χ2n) is 7.05. The molecule has 3 heterocycles. The maximum Gasteiger partial charge on any atom is 0.416 e. The molecule has 26 heavy (non-hydrogen) atoms. The number of hydrogen-bond acceptors (Lipinski definition) is 2. The van der Waals surface area contributed by atoms with Crippen LogP contribution in [0.2, 0.25) is 0 Å². The van der Waals surface area contributed by atoms with E-state index in [2.05, 4.69) is 4.98 Å². The molecule has 0 N–H and O–H groups in total. The lowest BCUT2D eigenvalue weighted by molar-refractivity contribution is -0.137. The van der Waals surface area contributed by atoms with Crippen molar-refractivity contribution in [3.05, 3.63) is 53.1 Å². The van der Waals surface area contributed by atoms with Crippen molar-refractivity contribution in [3.63, 3.8) is 0 Å². The van der Waals surface area contributed by atoms with Crippen LogP contribution in [0.1, 0.15) is 52.6 Å². The standard InChI is InChI=1S/C19H20F3N3O/c20-19(21,22)15-5-3-4-13(10-15)14-6-7-17-23-16(12-25(17)11-14)18(26)24-8-1-2-9-24/h3-5,10,12,14H,1-2,6-9,11H2/t14-/m0/s1. The molecule has 0 bridgehead atoms. The number of benzene rings is 1. The van der Waals surface area contributed by atoms with Gasteiger partial charge in [0.1, 0.15) is 11.5 Å². The Hall–Kier alpha value is -2.31. The summed E-state index contributed by atoms with van der Waals surface area (Å²) in [6.45, 7) is 2.10. The average molecular weight is 363 g/mol. The number of fused-ring (bicyclic) bond motifs is 1.